The van der Waals surface area contributed by atoms with Crippen LogP contribution in [0.15, 0.2) is 79.0 Å². The number of carbonyl (C=O) groups excluding carboxylic acids is 1. The van der Waals surface area contributed by atoms with Gasteiger partial charge in [-0.2, -0.15) is 13.2 Å². The Bertz CT molecular complexity index is 963. The quantitative estimate of drug-likeness (QED) is 0.660. The van der Waals surface area contributed by atoms with Crippen LogP contribution in [0.25, 0.3) is 0 Å². The summed E-state index contributed by atoms with van der Waals surface area (Å²) in [5.74, 6) is 0. The first-order valence-electron chi connectivity index (χ1n) is 8.84. The monoisotopic (exact) mass is 400 g/mol. The van der Waals surface area contributed by atoms with Crippen LogP contribution in [0.4, 0.5) is 18.0 Å². The van der Waals surface area contributed by atoms with Crippen molar-refractivity contribution in [3.8, 4) is 0 Å². The minimum Gasteiger partial charge on any atom is -0.453 e. The molecule has 1 N–H and O–H groups in total. The highest BCUT2D eigenvalue weighted by atomic mass is 19.4. The van der Waals surface area contributed by atoms with Crippen molar-refractivity contribution >= 4 is 6.09 Å². The van der Waals surface area contributed by atoms with Crippen LogP contribution in [-0.4, -0.2) is 18.2 Å². The number of ether oxygens (including phenoxy) is 1. The van der Waals surface area contributed by atoms with Gasteiger partial charge in [0.25, 0.3) is 0 Å². The van der Waals surface area contributed by atoms with E-state index in [1.807, 2.05) is 30.3 Å². The average molecular weight is 400 g/mol. The van der Waals surface area contributed by atoms with Crippen molar-refractivity contribution < 1.29 is 22.7 Å². The Morgan fingerprint density at radius 1 is 0.966 bits per heavy atom. The SMILES string of the molecule is COC(=O)NC(Cc1ccccc1)(c1cccc(C(F)(F)F)c1)c1ccccn1. The van der Waals surface area contributed by atoms with Crippen LogP contribution < -0.4 is 5.32 Å². The summed E-state index contributed by atoms with van der Waals surface area (Å²) in [4.78, 5) is 16.6. The van der Waals surface area contributed by atoms with Crippen LogP contribution >= 0.6 is 0 Å². The number of amides is 1. The van der Waals surface area contributed by atoms with E-state index >= 15 is 0 Å². The molecule has 1 amide bonds. The smallest absolute Gasteiger partial charge is 0.416 e. The van der Waals surface area contributed by atoms with Gasteiger partial charge in [0.1, 0.15) is 5.54 Å². The molecule has 7 heteroatoms. The second-order valence-corrected chi connectivity index (χ2v) is 6.48. The van der Waals surface area contributed by atoms with E-state index < -0.39 is 23.4 Å². The van der Waals surface area contributed by atoms with Crippen LogP contribution in [-0.2, 0) is 22.9 Å². The number of aromatic nitrogens is 1. The van der Waals surface area contributed by atoms with Crippen LogP contribution in [0, 0.1) is 0 Å². The molecule has 0 aliphatic carbocycles. The summed E-state index contributed by atoms with van der Waals surface area (Å²) >= 11 is 0. The molecule has 2 aromatic carbocycles. The van der Waals surface area contributed by atoms with Gasteiger partial charge in [0.2, 0.25) is 0 Å². The summed E-state index contributed by atoms with van der Waals surface area (Å²) in [6.07, 6.45) is -3.59. The number of alkyl carbamates (subject to hydrolysis) is 1. The number of pyridine rings is 1. The average Bonchev–Trinajstić information content (AvgIpc) is 2.74. The maximum atomic E-state index is 13.4. The number of benzene rings is 2. The van der Waals surface area contributed by atoms with E-state index in [1.165, 1.54) is 19.4 Å². The van der Waals surface area contributed by atoms with Crippen molar-refractivity contribution in [1.29, 1.82) is 0 Å². The molecule has 0 saturated carbocycles. The summed E-state index contributed by atoms with van der Waals surface area (Å²) in [6, 6.07) is 19.1. The van der Waals surface area contributed by atoms with E-state index in [9.17, 15) is 18.0 Å². The minimum absolute atomic E-state index is 0.182. The molecule has 3 aromatic rings. The molecule has 1 unspecified atom stereocenters. The number of alkyl halides is 3. The number of hydrogen-bond donors (Lipinski definition) is 1. The standard InChI is InChI=1S/C22H19F3N2O2/c1-29-20(28)27-21(19-12-5-6-13-26-19,15-16-8-3-2-4-9-16)17-10-7-11-18(14-17)22(23,24)25/h2-14H,15H2,1H3,(H,27,28). The molecule has 0 aliphatic rings. The van der Waals surface area contributed by atoms with Crippen LogP contribution in [0.2, 0.25) is 0 Å². The Balaban J connectivity index is 2.24. The minimum atomic E-state index is -4.52. The second kappa shape index (κ2) is 8.34. The van der Waals surface area contributed by atoms with Gasteiger partial charge in [-0.3, -0.25) is 4.98 Å². The molecule has 0 radical (unpaired) electrons. The van der Waals surface area contributed by atoms with Crippen molar-refractivity contribution in [3.05, 3.63) is 101 Å². The fraction of sp³-hybridized carbons (Fsp3) is 0.182. The van der Waals surface area contributed by atoms with Crippen molar-refractivity contribution in [2.75, 3.05) is 7.11 Å². The van der Waals surface area contributed by atoms with Crippen LogP contribution in [0.3, 0.4) is 0 Å². The maximum absolute atomic E-state index is 13.4. The molecule has 3 rings (SSSR count). The normalized spacial score (nSPS) is 13.4. The first kappa shape index (κ1) is 20.4. The molecule has 4 nitrogen and oxygen atoms in total. The third-order valence-electron chi connectivity index (χ3n) is 4.60. The number of rotatable bonds is 5. The number of nitrogens with one attached hydrogen (secondary N) is 1. The lowest BCUT2D eigenvalue weighted by molar-refractivity contribution is -0.137. The van der Waals surface area contributed by atoms with Crippen molar-refractivity contribution in [3.63, 3.8) is 0 Å². The molecule has 0 saturated heterocycles. The summed E-state index contributed by atoms with van der Waals surface area (Å²) < 4.78 is 44.9. The first-order chi connectivity index (χ1) is 13.8. The van der Waals surface area contributed by atoms with Gasteiger partial charge in [-0.25, -0.2) is 4.79 Å². The van der Waals surface area contributed by atoms with Crippen molar-refractivity contribution in [1.82, 2.24) is 10.3 Å². The van der Waals surface area contributed by atoms with E-state index in [4.69, 9.17) is 4.74 Å². The Morgan fingerprint density at radius 2 is 1.66 bits per heavy atom. The van der Waals surface area contributed by atoms with Crippen LogP contribution in [0.5, 0.6) is 0 Å². The molecule has 1 heterocycles. The van der Waals surface area contributed by atoms with Gasteiger partial charge in [-0.15, -0.1) is 0 Å². The Morgan fingerprint density at radius 3 is 2.28 bits per heavy atom. The number of carbonyl (C=O) groups is 1. The number of nitrogens with zero attached hydrogens (tertiary/aromatic N) is 1. The van der Waals surface area contributed by atoms with E-state index in [2.05, 4.69) is 10.3 Å². The van der Waals surface area contributed by atoms with Gasteiger partial charge in [0, 0.05) is 12.6 Å². The number of hydrogen-bond acceptors (Lipinski definition) is 3. The zero-order chi connectivity index (χ0) is 20.9. The van der Waals surface area contributed by atoms with Gasteiger partial charge in [-0.1, -0.05) is 48.5 Å². The van der Waals surface area contributed by atoms with Gasteiger partial charge < -0.3 is 10.1 Å². The maximum Gasteiger partial charge on any atom is 0.416 e. The summed E-state index contributed by atoms with van der Waals surface area (Å²) in [5.41, 5.74) is -0.715. The van der Waals surface area contributed by atoms with E-state index in [1.54, 1.807) is 24.3 Å². The summed E-state index contributed by atoms with van der Waals surface area (Å²) in [5, 5.41) is 2.75. The fourth-order valence-corrected chi connectivity index (χ4v) is 3.22. The number of halogens is 3. The molecule has 29 heavy (non-hydrogen) atoms. The predicted molar refractivity (Wildman–Crippen MR) is 102 cm³/mol. The molecule has 0 bridgehead atoms. The first-order valence-corrected chi connectivity index (χ1v) is 8.84. The third-order valence-corrected chi connectivity index (χ3v) is 4.60. The van der Waals surface area contributed by atoms with Crippen molar-refractivity contribution in [2.24, 2.45) is 0 Å². The molecule has 150 valence electrons. The lowest BCUT2D eigenvalue weighted by Gasteiger charge is -2.35. The molecule has 0 spiro atoms. The fourth-order valence-electron chi connectivity index (χ4n) is 3.22. The summed E-state index contributed by atoms with van der Waals surface area (Å²) in [7, 11) is 1.20. The topological polar surface area (TPSA) is 51.2 Å². The second-order valence-electron chi connectivity index (χ2n) is 6.48. The molecule has 1 atom stereocenters. The largest absolute Gasteiger partial charge is 0.453 e. The van der Waals surface area contributed by atoms with E-state index in [0.29, 0.717) is 5.69 Å². The highest BCUT2D eigenvalue weighted by Crippen LogP contribution is 2.36. The van der Waals surface area contributed by atoms with Gasteiger partial charge in [0.15, 0.2) is 0 Å². The van der Waals surface area contributed by atoms with Gasteiger partial charge in [-0.05, 0) is 35.4 Å². The predicted octanol–water partition coefficient (Wildman–Crippen LogP) is 4.94. The lowest BCUT2D eigenvalue weighted by atomic mass is 9.80. The molecule has 0 fully saturated rings. The van der Waals surface area contributed by atoms with Gasteiger partial charge in [0.05, 0.1) is 18.4 Å². The van der Waals surface area contributed by atoms with E-state index in [0.717, 1.165) is 17.7 Å². The zero-order valence-electron chi connectivity index (χ0n) is 15.6. The molecular formula is C22H19F3N2O2. The number of methoxy groups -OCH3 is 1. The molecule has 1 aromatic heterocycles. The lowest BCUT2D eigenvalue weighted by Crippen LogP contribution is -2.49. The molecule has 0 aliphatic heterocycles. The summed E-state index contributed by atoms with van der Waals surface area (Å²) in [6.45, 7) is 0. The highest BCUT2D eigenvalue weighted by molar-refractivity contribution is 5.70. The zero-order valence-corrected chi connectivity index (χ0v) is 15.6. The van der Waals surface area contributed by atoms with Crippen molar-refractivity contribution in [2.45, 2.75) is 18.1 Å². The Labute approximate surface area is 166 Å². The third kappa shape index (κ3) is 4.56. The Kier molecular flexibility index (Phi) is 5.87. The Hall–Kier alpha value is -3.35. The van der Waals surface area contributed by atoms with E-state index in [-0.39, 0.29) is 12.0 Å². The highest BCUT2D eigenvalue weighted by Gasteiger charge is 2.40. The van der Waals surface area contributed by atoms with Gasteiger partial charge >= 0.3 is 12.3 Å². The molecular weight excluding hydrogens is 381 g/mol. The van der Waals surface area contributed by atoms with Crippen LogP contribution in [0.1, 0.15) is 22.4 Å².